The van der Waals surface area contributed by atoms with Crippen LogP contribution in [0.2, 0.25) is 0 Å². The molecule has 1 amide bonds. The summed E-state index contributed by atoms with van der Waals surface area (Å²) in [7, 11) is 1.66. The molecule has 5 heteroatoms. The van der Waals surface area contributed by atoms with Crippen LogP contribution in [-0.2, 0) is 12.1 Å². The Labute approximate surface area is 160 Å². The molecule has 0 aliphatic carbocycles. The molecule has 0 radical (unpaired) electrons. The summed E-state index contributed by atoms with van der Waals surface area (Å²) in [6, 6.07) is 12.1. The summed E-state index contributed by atoms with van der Waals surface area (Å²) in [6.45, 7) is 10.5. The lowest BCUT2D eigenvalue weighted by molar-refractivity contribution is 0.0949. The zero-order valence-electron chi connectivity index (χ0n) is 16.9. The number of ether oxygens (including phenoxy) is 1. The van der Waals surface area contributed by atoms with E-state index in [4.69, 9.17) is 4.74 Å². The van der Waals surface area contributed by atoms with Gasteiger partial charge in [0.25, 0.3) is 5.91 Å². The van der Waals surface area contributed by atoms with E-state index in [9.17, 15) is 4.79 Å². The summed E-state index contributed by atoms with van der Waals surface area (Å²) < 4.78 is 7.18. The second-order valence-corrected chi connectivity index (χ2v) is 7.86. The highest BCUT2D eigenvalue weighted by Gasteiger charge is 2.24. The molecule has 142 valence electrons. The molecule has 1 heterocycles. The van der Waals surface area contributed by atoms with E-state index < -0.39 is 0 Å². The first-order valence-electron chi connectivity index (χ1n) is 9.12. The summed E-state index contributed by atoms with van der Waals surface area (Å²) in [5.74, 6) is 0.751. The average Bonchev–Trinajstić information content (AvgIpc) is 2.93. The number of methoxy groups -OCH3 is 1. The van der Waals surface area contributed by atoms with Crippen molar-refractivity contribution in [2.45, 2.75) is 46.7 Å². The van der Waals surface area contributed by atoms with E-state index in [2.05, 4.69) is 37.3 Å². The first kappa shape index (κ1) is 19.0. The largest absolute Gasteiger partial charge is 0.497 e. The molecule has 0 atom stereocenters. The summed E-state index contributed by atoms with van der Waals surface area (Å²) in [5, 5.41) is 9.82. The maximum atomic E-state index is 12.8. The second-order valence-electron chi connectivity index (χ2n) is 7.86. The van der Waals surface area contributed by atoms with Gasteiger partial charge in [-0.3, -0.25) is 9.48 Å². The van der Waals surface area contributed by atoms with Crippen molar-refractivity contribution in [1.29, 1.82) is 0 Å². The number of carbonyl (C=O) groups excluding carboxylic acids is 1. The Kier molecular flexibility index (Phi) is 4.96. The van der Waals surface area contributed by atoms with Crippen LogP contribution in [0.3, 0.4) is 0 Å². The highest BCUT2D eigenvalue weighted by Crippen LogP contribution is 2.23. The van der Waals surface area contributed by atoms with Gasteiger partial charge < -0.3 is 10.1 Å². The van der Waals surface area contributed by atoms with Crippen LogP contribution in [0, 0.1) is 13.8 Å². The van der Waals surface area contributed by atoms with E-state index in [1.807, 2.05) is 48.9 Å². The first-order valence-corrected chi connectivity index (χ1v) is 9.12. The normalized spacial score (nSPS) is 11.6. The van der Waals surface area contributed by atoms with Crippen LogP contribution >= 0.6 is 0 Å². The van der Waals surface area contributed by atoms with Gasteiger partial charge in [0, 0.05) is 12.2 Å². The van der Waals surface area contributed by atoms with E-state index in [0.717, 1.165) is 33.5 Å². The maximum Gasteiger partial charge on any atom is 0.255 e. The number of hydrogen-bond donors (Lipinski definition) is 1. The van der Waals surface area contributed by atoms with Gasteiger partial charge in [-0.25, -0.2) is 0 Å². The van der Waals surface area contributed by atoms with Crippen LogP contribution in [0.1, 0.15) is 48.1 Å². The maximum absolute atomic E-state index is 12.8. The van der Waals surface area contributed by atoms with Crippen molar-refractivity contribution >= 4 is 16.7 Å². The number of carbonyl (C=O) groups is 1. The Balaban J connectivity index is 1.78. The predicted molar refractivity (Wildman–Crippen MR) is 108 cm³/mol. The molecule has 0 aliphatic heterocycles. The molecule has 5 nitrogen and oxygen atoms in total. The van der Waals surface area contributed by atoms with E-state index in [-0.39, 0.29) is 11.4 Å². The Hall–Kier alpha value is -2.82. The first-order chi connectivity index (χ1) is 12.7. The quantitative estimate of drug-likeness (QED) is 0.748. The Bertz CT molecular complexity index is 997. The van der Waals surface area contributed by atoms with Gasteiger partial charge >= 0.3 is 0 Å². The number of fused-ring (bicyclic) bond motifs is 1. The van der Waals surface area contributed by atoms with Gasteiger partial charge in [0.05, 0.1) is 23.9 Å². The lowest BCUT2D eigenvalue weighted by Gasteiger charge is -2.21. The van der Waals surface area contributed by atoms with Gasteiger partial charge in [0.15, 0.2) is 0 Å². The number of hydrogen-bond acceptors (Lipinski definition) is 3. The minimum Gasteiger partial charge on any atom is -0.497 e. The van der Waals surface area contributed by atoms with Crippen molar-refractivity contribution in [3.63, 3.8) is 0 Å². The fraction of sp³-hybridized carbons (Fsp3) is 0.364. The molecule has 27 heavy (non-hydrogen) atoms. The molecule has 2 aromatic carbocycles. The average molecular weight is 365 g/mol. The minimum atomic E-state index is -0.160. The number of nitrogens with one attached hydrogen (secondary N) is 1. The Morgan fingerprint density at radius 1 is 1.11 bits per heavy atom. The van der Waals surface area contributed by atoms with Crippen LogP contribution in [0.25, 0.3) is 10.8 Å². The van der Waals surface area contributed by atoms with Crippen molar-refractivity contribution in [2.75, 3.05) is 7.11 Å². The molecule has 3 rings (SSSR count). The topological polar surface area (TPSA) is 56.1 Å². The van der Waals surface area contributed by atoms with Crippen molar-refractivity contribution < 1.29 is 9.53 Å². The smallest absolute Gasteiger partial charge is 0.255 e. The van der Waals surface area contributed by atoms with Crippen LogP contribution in [0.5, 0.6) is 5.75 Å². The molecule has 0 bridgehead atoms. The van der Waals surface area contributed by atoms with Gasteiger partial charge in [-0.1, -0.05) is 18.2 Å². The van der Waals surface area contributed by atoms with Crippen LogP contribution < -0.4 is 10.1 Å². The van der Waals surface area contributed by atoms with Crippen molar-refractivity contribution in [2.24, 2.45) is 0 Å². The molecular formula is C22H27N3O2. The lowest BCUT2D eigenvalue weighted by Crippen LogP contribution is -2.26. The zero-order chi connectivity index (χ0) is 19.8. The molecule has 1 aromatic heterocycles. The molecule has 3 aromatic rings. The third-order valence-corrected chi connectivity index (χ3v) is 4.72. The molecule has 0 fully saturated rings. The molecule has 0 saturated heterocycles. The van der Waals surface area contributed by atoms with Gasteiger partial charge in [-0.2, -0.15) is 5.10 Å². The number of aryl methyl sites for hydroxylation is 1. The number of amides is 1. The molecular weight excluding hydrogens is 338 g/mol. The Morgan fingerprint density at radius 2 is 1.78 bits per heavy atom. The third kappa shape index (κ3) is 3.82. The fourth-order valence-corrected chi connectivity index (χ4v) is 3.41. The van der Waals surface area contributed by atoms with Crippen molar-refractivity contribution in [3.8, 4) is 5.75 Å². The number of rotatable bonds is 4. The SMILES string of the molecule is COc1ccc2cc(CNC(=O)c3c(C)nn(C(C)(C)C)c3C)ccc2c1. The highest BCUT2D eigenvalue weighted by molar-refractivity contribution is 5.96. The van der Waals surface area contributed by atoms with Crippen molar-refractivity contribution in [1.82, 2.24) is 15.1 Å². The monoisotopic (exact) mass is 365 g/mol. The minimum absolute atomic E-state index is 0.0877. The standard InChI is InChI=1S/C22H27N3O2/c1-14-20(15(2)25(24-14)22(3,4)5)21(26)23-13-16-7-8-18-12-19(27-6)10-9-17(18)11-16/h7-12H,13H2,1-6H3,(H,23,26). The van der Waals surface area contributed by atoms with E-state index >= 15 is 0 Å². The van der Waals surface area contributed by atoms with Crippen molar-refractivity contribution in [3.05, 3.63) is 58.9 Å². The molecule has 0 aliphatic rings. The molecule has 0 saturated carbocycles. The second kappa shape index (κ2) is 7.06. The van der Waals surface area contributed by atoms with Gasteiger partial charge in [0.1, 0.15) is 5.75 Å². The number of nitrogens with zero attached hydrogens (tertiary/aromatic N) is 2. The molecule has 0 spiro atoms. The lowest BCUT2D eigenvalue weighted by atomic mass is 10.1. The van der Waals surface area contributed by atoms with E-state index in [1.54, 1.807) is 7.11 Å². The van der Waals surface area contributed by atoms with Gasteiger partial charge in [0.2, 0.25) is 0 Å². The number of aromatic nitrogens is 2. The van der Waals surface area contributed by atoms with Crippen LogP contribution in [-0.4, -0.2) is 22.8 Å². The molecule has 0 unspecified atom stereocenters. The summed E-state index contributed by atoms with van der Waals surface area (Å²) in [5.41, 5.74) is 3.20. The van der Waals surface area contributed by atoms with Gasteiger partial charge in [-0.15, -0.1) is 0 Å². The summed E-state index contributed by atoms with van der Waals surface area (Å²) in [6.07, 6.45) is 0. The van der Waals surface area contributed by atoms with E-state index in [1.165, 1.54) is 0 Å². The highest BCUT2D eigenvalue weighted by atomic mass is 16.5. The van der Waals surface area contributed by atoms with E-state index in [0.29, 0.717) is 12.1 Å². The predicted octanol–water partition coefficient (Wildman–Crippen LogP) is 4.35. The summed E-state index contributed by atoms with van der Waals surface area (Å²) in [4.78, 5) is 12.8. The zero-order valence-corrected chi connectivity index (χ0v) is 16.9. The summed E-state index contributed by atoms with van der Waals surface area (Å²) >= 11 is 0. The fourth-order valence-electron chi connectivity index (χ4n) is 3.41. The van der Waals surface area contributed by atoms with Crippen LogP contribution in [0.4, 0.5) is 0 Å². The van der Waals surface area contributed by atoms with Crippen LogP contribution in [0.15, 0.2) is 36.4 Å². The van der Waals surface area contributed by atoms with Gasteiger partial charge in [-0.05, 0) is 69.2 Å². The third-order valence-electron chi connectivity index (χ3n) is 4.72. The number of benzene rings is 2. The Morgan fingerprint density at radius 3 is 2.41 bits per heavy atom. The molecule has 1 N–H and O–H groups in total.